The molecule has 33 heavy (non-hydrogen) atoms. The molecular formula is C23H21F3N6O. The van der Waals surface area contributed by atoms with Crippen LogP contribution in [0.25, 0.3) is 16.9 Å². The molecule has 0 atom stereocenters. The molecule has 0 saturated carbocycles. The van der Waals surface area contributed by atoms with Crippen molar-refractivity contribution in [3.8, 4) is 11.3 Å². The highest BCUT2D eigenvalue weighted by Crippen LogP contribution is 2.40. The van der Waals surface area contributed by atoms with Crippen molar-refractivity contribution in [2.45, 2.75) is 39.4 Å². The summed E-state index contributed by atoms with van der Waals surface area (Å²) in [4.78, 5) is 17.3. The molecule has 3 aromatic heterocycles. The summed E-state index contributed by atoms with van der Waals surface area (Å²) in [6.07, 6.45) is -3.97. The fraction of sp³-hybridized carbons (Fsp3) is 0.304. The number of alkyl halides is 3. The third-order valence-electron chi connectivity index (χ3n) is 6.20. The van der Waals surface area contributed by atoms with Gasteiger partial charge in [0, 0.05) is 42.0 Å². The molecule has 0 bridgehead atoms. The summed E-state index contributed by atoms with van der Waals surface area (Å²) in [7, 11) is 1.81. The van der Waals surface area contributed by atoms with Gasteiger partial charge in [-0.25, -0.2) is 9.50 Å². The summed E-state index contributed by atoms with van der Waals surface area (Å²) >= 11 is 0. The molecule has 3 heterocycles. The fourth-order valence-electron chi connectivity index (χ4n) is 4.46. The lowest BCUT2D eigenvalue weighted by atomic mass is 9.88. The number of carbonyl (C=O) groups is 1. The topological polar surface area (TPSA) is 77.1 Å². The van der Waals surface area contributed by atoms with Crippen LogP contribution < -0.4 is 5.32 Å². The zero-order valence-electron chi connectivity index (χ0n) is 18.3. The van der Waals surface area contributed by atoms with Crippen LogP contribution in [-0.2, 0) is 32.6 Å². The second-order valence-electron chi connectivity index (χ2n) is 8.20. The van der Waals surface area contributed by atoms with Crippen molar-refractivity contribution in [1.29, 1.82) is 0 Å². The van der Waals surface area contributed by atoms with Crippen LogP contribution in [0.2, 0.25) is 0 Å². The third-order valence-corrected chi connectivity index (χ3v) is 6.20. The number of hydrogen-bond acceptors (Lipinski definition) is 4. The van der Waals surface area contributed by atoms with E-state index in [1.165, 1.54) is 6.07 Å². The minimum atomic E-state index is -4.65. The Kier molecular flexibility index (Phi) is 4.77. The standard InChI is InChI=1S/C23H21F3N6O/c1-12-17(13(2)31(3)29-12)11-27-22(33)18-10-19-28-20-15-7-5-4-6-14(15)8-9-16(20)21(23(24,25)26)32(19)30-18/h4-7,10H,8-9,11H2,1-3H3,(H,27,33). The maximum Gasteiger partial charge on any atom is 0.433 e. The Balaban J connectivity index is 1.57. The SMILES string of the molecule is Cc1nn(C)c(C)c1CNC(=O)c1cc2nc3c(c(C(F)(F)F)n2n1)CCc1ccccc1-3. The number of halogens is 3. The van der Waals surface area contributed by atoms with Gasteiger partial charge in [-0.2, -0.15) is 23.4 Å². The van der Waals surface area contributed by atoms with Crippen molar-refractivity contribution in [2.75, 3.05) is 0 Å². The first-order chi connectivity index (χ1) is 15.6. The highest BCUT2D eigenvalue weighted by atomic mass is 19.4. The number of carbonyl (C=O) groups excluding carboxylic acids is 1. The second-order valence-corrected chi connectivity index (χ2v) is 8.20. The van der Waals surface area contributed by atoms with E-state index in [2.05, 4.69) is 20.5 Å². The monoisotopic (exact) mass is 454 g/mol. The molecule has 0 radical (unpaired) electrons. The average molecular weight is 454 g/mol. The predicted molar refractivity (Wildman–Crippen MR) is 115 cm³/mol. The molecule has 0 spiro atoms. The first kappa shape index (κ1) is 21.2. The number of nitrogens with one attached hydrogen (secondary N) is 1. The summed E-state index contributed by atoms with van der Waals surface area (Å²) in [5.74, 6) is -0.574. The average Bonchev–Trinajstić information content (AvgIpc) is 3.29. The fourth-order valence-corrected chi connectivity index (χ4v) is 4.46. The largest absolute Gasteiger partial charge is 0.433 e. The van der Waals surface area contributed by atoms with Gasteiger partial charge in [-0.15, -0.1) is 0 Å². The normalized spacial score (nSPS) is 13.2. The Bertz CT molecular complexity index is 1420. The molecule has 1 N–H and O–H groups in total. The Labute approximate surface area is 187 Å². The molecule has 1 amide bonds. The molecular weight excluding hydrogens is 433 g/mol. The van der Waals surface area contributed by atoms with Crippen LogP contribution in [-0.4, -0.2) is 30.3 Å². The Morgan fingerprint density at radius 1 is 1.15 bits per heavy atom. The lowest BCUT2D eigenvalue weighted by Gasteiger charge is -2.23. The molecule has 170 valence electrons. The van der Waals surface area contributed by atoms with Gasteiger partial charge < -0.3 is 5.32 Å². The van der Waals surface area contributed by atoms with Crippen LogP contribution >= 0.6 is 0 Å². The molecule has 10 heteroatoms. The number of rotatable bonds is 3. The lowest BCUT2D eigenvalue weighted by molar-refractivity contribution is -0.143. The number of benzene rings is 1. The van der Waals surface area contributed by atoms with Gasteiger partial charge in [-0.1, -0.05) is 24.3 Å². The van der Waals surface area contributed by atoms with E-state index in [0.29, 0.717) is 17.7 Å². The minimum Gasteiger partial charge on any atom is -0.346 e. The first-order valence-corrected chi connectivity index (χ1v) is 10.5. The number of nitrogens with zero attached hydrogens (tertiary/aromatic N) is 5. The molecule has 7 nitrogen and oxygen atoms in total. The van der Waals surface area contributed by atoms with Crippen molar-refractivity contribution < 1.29 is 18.0 Å². The minimum absolute atomic E-state index is 0.0170. The second kappa shape index (κ2) is 7.43. The van der Waals surface area contributed by atoms with Crippen LogP contribution in [0.4, 0.5) is 13.2 Å². The van der Waals surface area contributed by atoms with Crippen molar-refractivity contribution in [3.63, 3.8) is 0 Å². The Morgan fingerprint density at radius 3 is 2.61 bits per heavy atom. The van der Waals surface area contributed by atoms with Crippen LogP contribution in [0.1, 0.15) is 44.3 Å². The van der Waals surface area contributed by atoms with E-state index >= 15 is 0 Å². The summed E-state index contributed by atoms with van der Waals surface area (Å²) in [6, 6.07) is 8.62. The molecule has 1 aliphatic rings. The Morgan fingerprint density at radius 2 is 1.91 bits per heavy atom. The third kappa shape index (κ3) is 3.46. The van der Waals surface area contributed by atoms with Gasteiger partial charge in [0.15, 0.2) is 17.0 Å². The van der Waals surface area contributed by atoms with Gasteiger partial charge in [0.2, 0.25) is 0 Å². The van der Waals surface area contributed by atoms with Gasteiger partial charge in [-0.3, -0.25) is 9.48 Å². The van der Waals surface area contributed by atoms with Crippen molar-refractivity contribution >= 4 is 11.6 Å². The maximum atomic E-state index is 14.2. The van der Waals surface area contributed by atoms with Gasteiger partial charge in [-0.05, 0) is 32.3 Å². The van der Waals surface area contributed by atoms with Gasteiger partial charge in [0.05, 0.1) is 11.4 Å². The zero-order chi connectivity index (χ0) is 23.5. The molecule has 0 unspecified atom stereocenters. The van der Waals surface area contributed by atoms with Gasteiger partial charge >= 0.3 is 6.18 Å². The van der Waals surface area contributed by atoms with E-state index in [-0.39, 0.29) is 29.9 Å². The maximum absolute atomic E-state index is 14.2. The lowest BCUT2D eigenvalue weighted by Crippen LogP contribution is -2.24. The summed E-state index contributed by atoms with van der Waals surface area (Å²) < 4.78 is 44.9. The molecule has 4 aromatic rings. The summed E-state index contributed by atoms with van der Waals surface area (Å²) in [5.41, 5.74) is 3.55. The van der Waals surface area contributed by atoms with Crippen LogP contribution in [0.15, 0.2) is 30.3 Å². The van der Waals surface area contributed by atoms with Gasteiger partial charge in [0.1, 0.15) is 0 Å². The Hall–Kier alpha value is -3.69. The molecule has 0 saturated heterocycles. The molecule has 1 aromatic carbocycles. The van der Waals surface area contributed by atoms with E-state index in [1.54, 1.807) is 23.9 Å². The molecule has 1 aliphatic carbocycles. The van der Waals surface area contributed by atoms with E-state index in [1.807, 2.05) is 26.0 Å². The molecule has 0 aliphatic heterocycles. The highest BCUT2D eigenvalue weighted by molar-refractivity contribution is 5.93. The predicted octanol–water partition coefficient (Wildman–Crippen LogP) is 3.79. The van der Waals surface area contributed by atoms with Gasteiger partial charge in [0.25, 0.3) is 5.91 Å². The summed E-state index contributed by atoms with van der Waals surface area (Å²) in [5, 5.41) is 11.1. The zero-order valence-corrected chi connectivity index (χ0v) is 18.3. The van der Waals surface area contributed by atoms with E-state index < -0.39 is 17.8 Å². The smallest absolute Gasteiger partial charge is 0.346 e. The van der Waals surface area contributed by atoms with Crippen LogP contribution in [0.3, 0.4) is 0 Å². The van der Waals surface area contributed by atoms with Crippen LogP contribution in [0.5, 0.6) is 0 Å². The number of hydrogen-bond donors (Lipinski definition) is 1. The number of aryl methyl sites for hydroxylation is 3. The van der Waals surface area contributed by atoms with Crippen LogP contribution in [0, 0.1) is 13.8 Å². The molecule has 5 rings (SSSR count). The quantitative estimate of drug-likeness (QED) is 0.511. The van der Waals surface area contributed by atoms with E-state index in [0.717, 1.165) is 27.0 Å². The van der Waals surface area contributed by atoms with Crippen molar-refractivity contribution in [2.24, 2.45) is 7.05 Å². The number of aromatic nitrogens is 5. The van der Waals surface area contributed by atoms with Crippen molar-refractivity contribution in [3.05, 3.63) is 69.8 Å². The molecule has 0 fully saturated rings. The number of fused-ring (bicyclic) bond motifs is 4. The van der Waals surface area contributed by atoms with E-state index in [4.69, 9.17) is 0 Å². The van der Waals surface area contributed by atoms with E-state index in [9.17, 15) is 18.0 Å². The highest BCUT2D eigenvalue weighted by Gasteiger charge is 2.40. The first-order valence-electron chi connectivity index (χ1n) is 10.5. The van der Waals surface area contributed by atoms with Crippen molar-refractivity contribution in [1.82, 2.24) is 29.7 Å². The number of amides is 1. The summed E-state index contributed by atoms with van der Waals surface area (Å²) in [6.45, 7) is 3.91.